The Morgan fingerprint density at radius 1 is 0.596 bits per heavy atom. The molecule has 4 aromatic rings. The number of para-hydroxylation sites is 1. The Hall–Kier alpha value is -8.45. The van der Waals surface area contributed by atoms with E-state index < -0.39 is 152 Å². The van der Waals surface area contributed by atoms with Gasteiger partial charge in [0.15, 0.2) is 0 Å². The number of hydrogen-bond donors (Lipinski definition) is 17. The zero-order valence-corrected chi connectivity index (χ0v) is 56.8. The van der Waals surface area contributed by atoms with Crippen molar-refractivity contribution in [1.29, 1.82) is 0 Å². The van der Waals surface area contributed by atoms with Crippen LogP contribution < -0.4 is 48.3 Å². The Kier molecular flexibility index (Phi) is 32.6. The summed E-state index contributed by atoms with van der Waals surface area (Å²) in [5, 5.41) is 93.2. The summed E-state index contributed by atoms with van der Waals surface area (Å²) < 4.78 is 0. The number of unbranched alkanes of at least 4 members (excludes halogenated alkanes) is 1. The number of benzene rings is 3. The Balaban J connectivity index is 1.40. The molecule has 2 fully saturated rings. The summed E-state index contributed by atoms with van der Waals surface area (Å²) in [4.78, 5) is 163. The smallest absolute Gasteiger partial charge is 0.317 e. The number of phenols is 1. The van der Waals surface area contributed by atoms with Gasteiger partial charge in [0, 0.05) is 100 Å². The van der Waals surface area contributed by atoms with Crippen molar-refractivity contribution in [3.63, 3.8) is 0 Å². The summed E-state index contributed by atoms with van der Waals surface area (Å²) in [7, 11) is 1.81. The van der Waals surface area contributed by atoms with E-state index in [1.54, 1.807) is 80.4 Å². The third-order valence-corrected chi connectivity index (χ3v) is 19.0. The van der Waals surface area contributed by atoms with E-state index in [-0.39, 0.29) is 115 Å². The molecule has 3 aromatic carbocycles. The molecule has 10 unspecified atom stereocenters. The van der Waals surface area contributed by atoms with Crippen LogP contribution in [0.5, 0.6) is 5.75 Å². The summed E-state index contributed by atoms with van der Waals surface area (Å²) in [5.41, 5.74) is 8.05. The van der Waals surface area contributed by atoms with Crippen LogP contribution in [-0.2, 0) is 72.0 Å². The molecule has 2 aliphatic heterocycles. The summed E-state index contributed by atoms with van der Waals surface area (Å²) in [6.07, 6.45) is -1.31. The number of amides is 8. The van der Waals surface area contributed by atoms with Crippen LogP contribution in [-0.4, -0.2) is 289 Å². The highest BCUT2D eigenvalue weighted by Crippen LogP contribution is 2.25. The topological polar surface area (TPSA) is 480 Å². The maximum Gasteiger partial charge on any atom is 0.317 e. The number of carboxylic acids is 3. The minimum absolute atomic E-state index is 0.0540. The largest absolute Gasteiger partial charge is 0.508 e. The van der Waals surface area contributed by atoms with Gasteiger partial charge in [-0.1, -0.05) is 82.3 Å². The van der Waals surface area contributed by atoms with E-state index in [4.69, 9.17) is 5.73 Å². The maximum absolute atomic E-state index is 15.3. The van der Waals surface area contributed by atoms with Crippen molar-refractivity contribution in [1.82, 2.24) is 67.1 Å². The first kappa shape index (κ1) is 79.5. The number of nitrogens with zero attached hydrogens (tertiary/aromatic N) is 4. The molecule has 2 saturated heterocycles. The minimum Gasteiger partial charge on any atom is -0.508 e. The average Bonchev–Trinajstić information content (AvgIpc) is 1.76. The molecule has 0 bridgehead atoms. The van der Waals surface area contributed by atoms with Crippen molar-refractivity contribution in [3.8, 4) is 5.75 Å². The monoisotopic (exact) mass is 1420 g/mol. The Labute approximate surface area is 580 Å². The molecular weight excluding hydrogens is 1330 g/mol. The van der Waals surface area contributed by atoms with Gasteiger partial charge in [0.1, 0.15) is 48.0 Å². The molecule has 32 nitrogen and oxygen atoms in total. The number of aliphatic hydroxyl groups is 3. The lowest BCUT2D eigenvalue weighted by Crippen LogP contribution is -2.62. The summed E-state index contributed by atoms with van der Waals surface area (Å²) >= 11 is 0. The summed E-state index contributed by atoms with van der Waals surface area (Å²) in [6.45, 7) is 1.08. The molecule has 6 rings (SSSR count). The van der Waals surface area contributed by atoms with Crippen molar-refractivity contribution < 1.29 is 88.5 Å². The highest BCUT2D eigenvalue weighted by molar-refractivity contribution is 8.76. The van der Waals surface area contributed by atoms with Crippen molar-refractivity contribution >= 4 is 97.7 Å². The lowest BCUT2D eigenvalue weighted by atomic mass is 10.0. The molecule has 2 aliphatic rings. The van der Waals surface area contributed by atoms with Gasteiger partial charge in [0.2, 0.25) is 47.3 Å². The van der Waals surface area contributed by atoms with E-state index in [0.29, 0.717) is 34.0 Å². The predicted octanol–water partition coefficient (Wildman–Crippen LogP) is -3.47. The standard InChI is InChI=1S/C65H92N14O18S2/c1-39(81)51(36-80)72-64(96)53-38-99-98-37-52(73-60(92)48(28-41-10-4-3-5-11-41)68-54(84)32-76-20-22-77(33-55(85)86)24-26-79(35-57(89)90)27-25-78(23-21-76)34-56(87)88)63(95)70-49(29-42-15-17-44(83)18-16-42)61(93)71-50(30-43-31-67-46-13-7-6-12-45(43)46)62(94)69-47(14-8-9-19-66)59(91)75-58(40(2)82)65(97)74-53/h3-7,10-13,15-18,31,39-40,47-53,58,67,80-83H,8-9,14,19-30,32-38,66H2,1-2H3,(H,68,84)(H,69,94)(H,70,95)(H,71,93)(H,72,96)(H,73,92)(H,74,97)(H,75,91)(H,85,86)(H,87,88)(H,89,90). The van der Waals surface area contributed by atoms with Gasteiger partial charge in [-0.15, -0.1) is 0 Å². The first-order chi connectivity index (χ1) is 47.3. The molecule has 542 valence electrons. The fourth-order valence-electron chi connectivity index (χ4n) is 11.1. The van der Waals surface area contributed by atoms with Gasteiger partial charge in [-0.25, -0.2) is 0 Å². The second-order valence-corrected chi connectivity index (χ2v) is 27.0. The zero-order valence-electron chi connectivity index (χ0n) is 55.2. The van der Waals surface area contributed by atoms with Crippen molar-refractivity contribution in [2.45, 2.75) is 113 Å². The number of fused-ring (bicyclic) bond motifs is 1. The van der Waals surface area contributed by atoms with Crippen molar-refractivity contribution in [2.75, 3.05) is 103 Å². The quantitative estimate of drug-likeness (QED) is 0.0215. The molecule has 3 heterocycles. The van der Waals surface area contributed by atoms with Crippen LogP contribution in [0.4, 0.5) is 0 Å². The van der Waals surface area contributed by atoms with Crippen LogP contribution in [0.25, 0.3) is 10.9 Å². The van der Waals surface area contributed by atoms with E-state index in [1.165, 1.54) is 38.1 Å². The van der Waals surface area contributed by atoms with Gasteiger partial charge in [-0.2, -0.15) is 0 Å². The van der Waals surface area contributed by atoms with E-state index >= 15 is 14.4 Å². The average molecular weight is 1420 g/mol. The fourth-order valence-corrected chi connectivity index (χ4v) is 13.4. The lowest BCUT2D eigenvalue weighted by molar-refractivity contribution is -0.140. The molecule has 10 atom stereocenters. The molecule has 8 amide bonds. The predicted molar refractivity (Wildman–Crippen MR) is 366 cm³/mol. The van der Waals surface area contributed by atoms with E-state index in [1.807, 2.05) is 0 Å². The first-order valence-corrected chi connectivity index (χ1v) is 35.0. The maximum atomic E-state index is 15.3. The highest BCUT2D eigenvalue weighted by Gasteiger charge is 2.37. The zero-order chi connectivity index (χ0) is 72.1. The van der Waals surface area contributed by atoms with Crippen LogP contribution in [0.15, 0.2) is 85.1 Å². The van der Waals surface area contributed by atoms with Crippen LogP contribution in [0.1, 0.15) is 49.8 Å². The van der Waals surface area contributed by atoms with Gasteiger partial charge < -0.3 is 89.0 Å². The number of H-pyrrole nitrogens is 1. The molecule has 34 heteroatoms. The number of phenolic OH excluding ortho intramolecular Hbond substituents is 1. The fraction of sp³-hybridized carbons (Fsp3) is 0.523. The number of rotatable bonds is 26. The molecule has 0 aliphatic carbocycles. The highest BCUT2D eigenvalue weighted by atomic mass is 33.1. The second kappa shape index (κ2) is 40.6. The van der Waals surface area contributed by atoms with Crippen LogP contribution in [0.2, 0.25) is 0 Å². The SMILES string of the molecule is CC(O)C(CO)NC(=O)C1CSSCC(NC(=O)C(Cc2ccccc2)NC(=O)CN2CCN(CC(=O)O)CCN(CC(=O)O)CCN(CC(=O)O)CC2)C(=O)NC(Cc2ccc(O)cc2)C(=O)NC(Cc2c[nH]c3ccccc23)C(=O)NC(CCCCN)C(=O)NC(C(C)O)C(=O)N1. The first-order valence-electron chi connectivity index (χ1n) is 32.5. The van der Waals surface area contributed by atoms with Crippen molar-refractivity contribution in [3.05, 3.63) is 102 Å². The van der Waals surface area contributed by atoms with Crippen LogP contribution in [0, 0.1) is 0 Å². The summed E-state index contributed by atoms with van der Waals surface area (Å²) in [6, 6.07) is 9.21. The molecular formula is C65H92N14O18S2. The van der Waals surface area contributed by atoms with Crippen molar-refractivity contribution in [2.24, 2.45) is 5.73 Å². The number of aromatic nitrogens is 1. The van der Waals surface area contributed by atoms with Crippen LogP contribution in [0.3, 0.4) is 0 Å². The number of carbonyl (C=O) groups is 11. The van der Waals surface area contributed by atoms with Gasteiger partial charge in [0.25, 0.3) is 0 Å². The molecule has 1 aromatic heterocycles. The van der Waals surface area contributed by atoms with E-state index in [2.05, 4.69) is 47.5 Å². The molecule has 0 saturated carbocycles. The Morgan fingerprint density at radius 2 is 1.12 bits per heavy atom. The number of aromatic hydroxyl groups is 1. The second-order valence-electron chi connectivity index (χ2n) is 24.5. The number of hydrogen-bond acceptors (Lipinski definition) is 22. The molecule has 0 radical (unpaired) electrons. The number of aliphatic carboxylic acids is 3. The van der Waals surface area contributed by atoms with Gasteiger partial charge >= 0.3 is 17.9 Å². The summed E-state index contributed by atoms with van der Waals surface area (Å²) in [5.74, 6) is -11.6. The molecule has 99 heavy (non-hydrogen) atoms. The molecule has 0 spiro atoms. The number of carbonyl (C=O) groups excluding carboxylic acids is 8. The Morgan fingerprint density at radius 3 is 1.68 bits per heavy atom. The third-order valence-electron chi connectivity index (χ3n) is 16.6. The van der Waals surface area contributed by atoms with E-state index in [0.717, 1.165) is 21.6 Å². The van der Waals surface area contributed by atoms with Gasteiger partial charge in [-0.05, 0) is 74.5 Å². The molecule has 18 N–H and O–H groups in total. The van der Waals surface area contributed by atoms with Gasteiger partial charge in [-0.3, -0.25) is 72.3 Å². The Bertz CT molecular complexity index is 3320. The number of carboxylic acid groups (broad SMARTS) is 3. The minimum atomic E-state index is -1.77. The number of nitrogens with two attached hydrogens (primary N) is 1. The number of aliphatic hydroxyl groups excluding tert-OH is 3. The lowest BCUT2D eigenvalue weighted by Gasteiger charge is -2.33. The normalized spacial score (nSPS) is 22.0. The van der Waals surface area contributed by atoms with E-state index in [9.17, 15) is 74.1 Å². The number of aromatic amines is 1. The van der Waals surface area contributed by atoms with Crippen LogP contribution >= 0.6 is 21.6 Å². The number of nitrogens with one attached hydrogen (secondary N) is 9. The van der Waals surface area contributed by atoms with Gasteiger partial charge in [0.05, 0.1) is 51.0 Å². The third kappa shape index (κ3) is 27.0.